The van der Waals surface area contributed by atoms with E-state index in [1.54, 1.807) is 36.4 Å². The molecule has 3 aromatic rings. The molecular formula is C22H18ClN5O4S. The van der Waals surface area contributed by atoms with Crippen LogP contribution in [0.4, 0.5) is 5.95 Å². The number of sulfonamides is 1. The summed E-state index contributed by atoms with van der Waals surface area (Å²) in [5, 5.41) is 19.3. The van der Waals surface area contributed by atoms with Crippen LogP contribution in [0.15, 0.2) is 65.1 Å². The summed E-state index contributed by atoms with van der Waals surface area (Å²) in [5.74, 6) is -0.0234. The average molecular weight is 484 g/mol. The summed E-state index contributed by atoms with van der Waals surface area (Å²) in [5.41, 5.74) is 6.95. The quantitative estimate of drug-likeness (QED) is 0.474. The number of benzene rings is 2. The molecule has 2 aromatic carbocycles. The van der Waals surface area contributed by atoms with Gasteiger partial charge in [0.15, 0.2) is 5.82 Å². The lowest BCUT2D eigenvalue weighted by Crippen LogP contribution is -2.21. The van der Waals surface area contributed by atoms with Gasteiger partial charge in [0.1, 0.15) is 17.2 Å². The van der Waals surface area contributed by atoms with Crippen molar-refractivity contribution in [3.8, 4) is 17.2 Å². The Morgan fingerprint density at radius 1 is 1.18 bits per heavy atom. The Balaban J connectivity index is 1.74. The van der Waals surface area contributed by atoms with Crippen LogP contribution in [0.3, 0.4) is 0 Å². The van der Waals surface area contributed by atoms with E-state index >= 15 is 0 Å². The predicted octanol–water partition coefficient (Wildman–Crippen LogP) is 3.35. The van der Waals surface area contributed by atoms with E-state index in [9.17, 15) is 13.5 Å². The molecule has 0 saturated carbocycles. The van der Waals surface area contributed by atoms with Gasteiger partial charge in [-0.2, -0.15) is 0 Å². The Bertz CT molecular complexity index is 1430. The summed E-state index contributed by atoms with van der Waals surface area (Å²) in [6.07, 6.45) is 3.16. The van der Waals surface area contributed by atoms with Crippen LogP contribution in [0.2, 0.25) is 5.02 Å². The van der Waals surface area contributed by atoms with E-state index in [-0.39, 0.29) is 41.1 Å². The Kier molecular flexibility index (Phi) is 6.35. The number of nitrogens with zero attached hydrogens (tertiary/aromatic N) is 4. The molecule has 1 aromatic heterocycles. The van der Waals surface area contributed by atoms with Gasteiger partial charge in [-0.25, -0.2) is 8.42 Å². The van der Waals surface area contributed by atoms with Gasteiger partial charge < -0.3 is 9.84 Å². The summed E-state index contributed by atoms with van der Waals surface area (Å²) < 4.78 is 34.9. The van der Waals surface area contributed by atoms with Crippen molar-refractivity contribution in [2.24, 2.45) is 4.99 Å². The van der Waals surface area contributed by atoms with Crippen molar-refractivity contribution in [2.75, 3.05) is 17.6 Å². The number of aryl methyl sites for hydroxylation is 1. The highest BCUT2D eigenvalue weighted by Gasteiger charge is 2.25. The number of hydrogen-bond acceptors (Lipinski definition) is 7. The van der Waals surface area contributed by atoms with E-state index in [1.165, 1.54) is 30.2 Å². The number of phenols is 1. The van der Waals surface area contributed by atoms with Crippen LogP contribution < -0.4 is 9.46 Å². The normalized spacial score (nSPS) is 12.6. The minimum absolute atomic E-state index is 0.127. The SMILES string of the molecule is COc1cccc(O)c1-n1c(NS(=O)(=O)CCc2ccc(Cl)cc2)nnc1C1=C=C=CN=C1. The van der Waals surface area contributed by atoms with Gasteiger partial charge in [0.05, 0.1) is 24.6 Å². The zero-order chi connectivity index (χ0) is 23.4. The molecule has 1 aliphatic heterocycles. The third-order valence-corrected chi connectivity index (χ3v) is 6.18. The molecule has 2 N–H and O–H groups in total. The van der Waals surface area contributed by atoms with Crippen molar-refractivity contribution >= 4 is 39.4 Å². The number of allylic oxidation sites excluding steroid dienone is 1. The highest BCUT2D eigenvalue weighted by Crippen LogP contribution is 2.35. The number of phenolic OH excluding ortho intramolecular Hbond substituents is 1. The second-order valence-corrected chi connectivity index (χ2v) is 9.18. The van der Waals surface area contributed by atoms with Crippen LogP contribution in [-0.2, 0) is 16.4 Å². The fourth-order valence-electron chi connectivity index (χ4n) is 3.14. The summed E-state index contributed by atoms with van der Waals surface area (Å²) in [6.45, 7) is 0. The molecule has 33 heavy (non-hydrogen) atoms. The van der Waals surface area contributed by atoms with Gasteiger partial charge in [0, 0.05) is 11.2 Å². The number of aromatic nitrogens is 3. The van der Waals surface area contributed by atoms with Gasteiger partial charge in [-0.05, 0) is 42.0 Å². The Labute approximate surface area is 195 Å². The van der Waals surface area contributed by atoms with E-state index in [0.29, 0.717) is 10.6 Å². The largest absolute Gasteiger partial charge is 0.506 e. The molecule has 0 saturated heterocycles. The minimum atomic E-state index is -3.84. The standard InChI is InChI=1S/C22H18ClN5O4S/c1-32-19-6-2-5-18(29)20(19)28-21(16-4-3-12-24-14-16)25-26-22(28)27-33(30,31)13-11-15-7-9-17(23)10-8-15/h2,5-10,12,14,29H,11,13H2,1H3,(H,26,27). The zero-order valence-corrected chi connectivity index (χ0v) is 18.9. The lowest BCUT2D eigenvalue weighted by molar-refractivity contribution is 0.404. The Hall–Kier alpha value is -3.81. The molecule has 0 amide bonds. The maximum absolute atomic E-state index is 12.9. The number of para-hydroxylation sites is 1. The number of ether oxygens (including phenoxy) is 1. The molecule has 0 fully saturated rings. The van der Waals surface area contributed by atoms with Crippen LogP contribution in [0, 0.1) is 0 Å². The predicted molar refractivity (Wildman–Crippen MR) is 126 cm³/mol. The van der Waals surface area contributed by atoms with Crippen molar-refractivity contribution in [1.82, 2.24) is 14.8 Å². The smallest absolute Gasteiger partial charge is 0.243 e. The number of hydrogen-bond donors (Lipinski definition) is 2. The van der Waals surface area contributed by atoms with E-state index < -0.39 is 10.0 Å². The number of rotatable bonds is 8. The maximum Gasteiger partial charge on any atom is 0.243 e. The van der Waals surface area contributed by atoms with Gasteiger partial charge in [-0.3, -0.25) is 14.3 Å². The molecule has 0 spiro atoms. The van der Waals surface area contributed by atoms with Crippen LogP contribution in [0.5, 0.6) is 11.5 Å². The lowest BCUT2D eigenvalue weighted by Gasteiger charge is -2.16. The third-order valence-electron chi connectivity index (χ3n) is 4.69. The molecule has 0 aliphatic carbocycles. The van der Waals surface area contributed by atoms with Crippen molar-refractivity contribution < 1.29 is 18.3 Å². The summed E-state index contributed by atoms with van der Waals surface area (Å²) in [6, 6.07) is 11.6. The number of halogens is 1. The first kappa shape index (κ1) is 22.4. The van der Waals surface area contributed by atoms with Crippen LogP contribution in [0.25, 0.3) is 11.3 Å². The molecule has 0 bridgehead atoms. The number of anilines is 1. The Morgan fingerprint density at radius 2 is 1.97 bits per heavy atom. The first-order valence-corrected chi connectivity index (χ1v) is 11.7. The van der Waals surface area contributed by atoms with Crippen LogP contribution >= 0.6 is 11.6 Å². The second kappa shape index (κ2) is 9.36. The average Bonchev–Trinajstić information content (AvgIpc) is 3.21. The first-order chi connectivity index (χ1) is 15.9. The molecule has 4 rings (SSSR count). The molecule has 2 heterocycles. The van der Waals surface area contributed by atoms with Crippen molar-refractivity contribution in [3.05, 3.63) is 76.5 Å². The van der Waals surface area contributed by atoms with E-state index in [2.05, 4.69) is 31.4 Å². The number of nitrogens with one attached hydrogen (secondary N) is 1. The van der Waals surface area contributed by atoms with Crippen molar-refractivity contribution in [2.45, 2.75) is 6.42 Å². The third kappa shape index (κ3) is 5.00. The Morgan fingerprint density at radius 3 is 2.67 bits per heavy atom. The topological polar surface area (TPSA) is 119 Å². The van der Waals surface area contributed by atoms with Gasteiger partial charge in [-0.15, -0.1) is 10.2 Å². The van der Waals surface area contributed by atoms with Gasteiger partial charge in [0.2, 0.25) is 16.0 Å². The molecule has 11 heteroatoms. The molecule has 0 atom stereocenters. The molecule has 1 aliphatic rings. The number of methoxy groups -OCH3 is 1. The van der Waals surface area contributed by atoms with E-state index in [4.69, 9.17) is 16.3 Å². The van der Waals surface area contributed by atoms with Crippen LogP contribution in [0.1, 0.15) is 11.4 Å². The molecule has 9 nitrogen and oxygen atoms in total. The van der Waals surface area contributed by atoms with Gasteiger partial charge in [-0.1, -0.05) is 35.5 Å². The van der Waals surface area contributed by atoms with E-state index in [1.807, 2.05) is 0 Å². The van der Waals surface area contributed by atoms with Crippen LogP contribution in [-0.4, -0.2) is 47.4 Å². The first-order valence-electron chi connectivity index (χ1n) is 9.68. The van der Waals surface area contributed by atoms with Gasteiger partial charge >= 0.3 is 0 Å². The maximum atomic E-state index is 12.9. The molecule has 168 valence electrons. The van der Waals surface area contributed by atoms with E-state index in [0.717, 1.165) is 5.56 Å². The summed E-state index contributed by atoms with van der Waals surface area (Å²) in [7, 11) is -2.40. The fraction of sp³-hybridized carbons (Fsp3) is 0.136. The number of aliphatic imine (C=N–C) groups is 1. The van der Waals surface area contributed by atoms with Crippen molar-refractivity contribution in [3.63, 3.8) is 0 Å². The molecule has 0 unspecified atom stereocenters. The van der Waals surface area contributed by atoms with Gasteiger partial charge in [0.25, 0.3) is 0 Å². The second-order valence-electron chi connectivity index (χ2n) is 6.90. The summed E-state index contributed by atoms with van der Waals surface area (Å²) >= 11 is 5.89. The highest BCUT2D eigenvalue weighted by atomic mass is 35.5. The number of aromatic hydroxyl groups is 1. The highest BCUT2D eigenvalue weighted by molar-refractivity contribution is 7.92. The minimum Gasteiger partial charge on any atom is -0.506 e. The monoisotopic (exact) mass is 483 g/mol. The zero-order valence-electron chi connectivity index (χ0n) is 17.4. The lowest BCUT2D eigenvalue weighted by atomic mass is 10.2. The fourth-order valence-corrected chi connectivity index (χ4v) is 4.28. The molecular weight excluding hydrogens is 466 g/mol. The van der Waals surface area contributed by atoms with Crippen molar-refractivity contribution in [1.29, 1.82) is 0 Å². The summed E-state index contributed by atoms with van der Waals surface area (Å²) in [4.78, 5) is 4.00. The molecule has 0 radical (unpaired) electrons.